The van der Waals surface area contributed by atoms with Gasteiger partial charge in [-0.1, -0.05) is 36.4 Å². The number of aromatic nitrogens is 3. The smallest absolute Gasteiger partial charge is 0.223 e. The van der Waals surface area contributed by atoms with Gasteiger partial charge in [0.2, 0.25) is 5.95 Å². The van der Waals surface area contributed by atoms with E-state index < -0.39 is 0 Å². The van der Waals surface area contributed by atoms with Gasteiger partial charge in [-0.15, -0.1) is 0 Å². The third-order valence-corrected chi connectivity index (χ3v) is 4.67. The molecule has 0 unspecified atom stereocenters. The number of hydrogen-bond acceptors (Lipinski definition) is 5. The Kier molecular flexibility index (Phi) is 5.17. The van der Waals surface area contributed by atoms with Crippen LogP contribution < -0.4 is 5.32 Å². The quantitative estimate of drug-likeness (QED) is 0.765. The van der Waals surface area contributed by atoms with Gasteiger partial charge in [-0.3, -0.25) is 9.88 Å². The molecule has 5 heteroatoms. The number of benzene rings is 1. The van der Waals surface area contributed by atoms with E-state index in [4.69, 9.17) is 0 Å². The van der Waals surface area contributed by atoms with Crippen molar-refractivity contribution in [2.75, 3.05) is 18.4 Å². The zero-order valence-electron chi connectivity index (χ0n) is 14.8. The Bertz CT molecular complexity index is 822. The first kappa shape index (κ1) is 16.7. The molecule has 0 aliphatic carbocycles. The van der Waals surface area contributed by atoms with Gasteiger partial charge in [0.15, 0.2) is 0 Å². The first-order valence-electron chi connectivity index (χ1n) is 9.14. The Hall–Kier alpha value is -2.79. The lowest BCUT2D eigenvalue weighted by Gasteiger charge is -2.33. The van der Waals surface area contributed by atoms with Crippen LogP contribution >= 0.6 is 0 Å². The minimum absolute atomic E-state index is 0.367. The summed E-state index contributed by atoms with van der Waals surface area (Å²) in [6, 6.07) is 18.8. The zero-order valence-corrected chi connectivity index (χ0v) is 14.8. The predicted molar refractivity (Wildman–Crippen MR) is 104 cm³/mol. The van der Waals surface area contributed by atoms with E-state index in [0.29, 0.717) is 12.0 Å². The summed E-state index contributed by atoms with van der Waals surface area (Å²) in [7, 11) is 0. The number of hydrogen-bond donors (Lipinski definition) is 1. The van der Waals surface area contributed by atoms with Crippen LogP contribution in [0.5, 0.6) is 0 Å². The highest BCUT2D eigenvalue weighted by Gasteiger charge is 2.20. The summed E-state index contributed by atoms with van der Waals surface area (Å²) >= 11 is 0. The lowest BCUT2D eigenvalue weighted by atomic mass is 10.0. The van der Waals surface area contributed by atoms with Crippen LogP contribution in [-0.2, 0) is 6.54 Å². The molecule has 1 fully saturated rings. The molecule has 2 aromatic heterocycles. The van der Waals surface area contributed by atoms with Gasteiger partial charge in [0.1, 0.15) is 0 Å². The molecule has 0 amide bonds. The number of nitrogens with zero attached hydrogens (tertiary/aromatic N) is 4. The molecule has 0 spiro atoms. The van der Waals surface area contributed by atoms with Gasteiger partial charge in [-0.05, 0) is 43.1 Å². The van der Waals surface area contributed by atoms with Crippen molar-refractivity contribution < 1.29 is 0 Å². The Morgan fingerprint density at radius 3 is 2.65 bits per heavy atom. The Labute approximate surface area is 154 Å². The number of piperidine rings is 1. The number of anilines is 1. The molecule has 1 aromatic carbocycles. The molecule has 0 saturated carbocycles. The van der Waals surface area contributed by atoms with Gasteiger partial charge >= 0.3 is 0 Å². The molecule has 3 heterocycles. The van der Waals surface area contributed by atoms with Gasteiger partial charge in [-0.25, -0.2) is 9.97 Å². The maximum absolute atomic E-state index is 4.64. The Balaban J connectivity index is 1.41. The number of rotatable bonds is 5. The summed E-state index contributed by atoms with van der Waals surface area (Å²) in [5.74, 6) is 0.680. The van der Waals surface area contributed by atoms with E-state index in [2.05, 4.69) is 55.5 Å². The molecule has 0 bridgehead atoms. The van der Waals surface area contributed by atoms with E-state index in [9.17, 15) is 0 Å². The van der Waals surface area contributed by atoms with Gasteiger partial charge in [0.25, 0.3) is 0 Å². The van der Waals surface area contributed by atoms with E-state index >= 15 is 0 Å². The van der Waals surface area contributed by atoms with Crippen LogP contribution in [-0.4, -0.2) is 39.0 Å². The van der Waals surface area contributed by atoms with Gasteiger partial charge < -0.3 is 5.32 Å². The minimum atomic E-state index is 0.367. The first-order chi connectivity index (χ1) is 12.9. The molecule has 5 nitrogen and oxygen atoms in total. The molecular formula is C21H23N5. The Morgan fingerprint density at radius 2 is 1.81 bits per heavy atom. The third kappa shape index (κ3) is 4.24. The van der Waals surface area contributed by atoms with Crippen LogP contribution in [0.15, 0.2) is 67.0 Å². The molecule has 1 aliphatic rings. The molecule has 1 atom stereocenters. The normalized spacial score (nSPS) is 17.8. The van der Waals surface area contributed by atoms with Crippen LogP contribution in [0.25, 0.3) is 11.4 Å². The second kappa shape index (κ2) is 8.06. The summed E-state index contributed by atoms with van der Waals surface area (Å²) in [5, 5.41) is 3.52. The van der Waals surface area contributed by atoms with Gasteiger partial charge in [-0.2, -0.15) is 0 Å². The number of pyridine rings is 1. The fourth-order valence-corrected chi connectivity index (χ4v) is 3.43. The number of likely N-dealkylation sites (tertiary alicyclic amines) is 1. The molecule has 0 radical (unpaired) electrons. The van der Waals surface area contributed by atoms with Crippen LogP contribution in [0.1, 0.15) is 18.4 Å². The molecule has 4 rings (SSSR count). The zero-order chi connectivity index (χ0) is 17.6. The van der Waals surface area contributed by atoms with Crippen LogP contribution in [0, 0.1) is 0 Å². The SMILES string of the molecule is c1ccc(CN2CCC[C@H](Nc3nccc(-c4ccccn4)n3)C2)cc1. The average Bonchev–Trinajstić information content (AvgIpc) is 2.70. The third-order valence-electron chi connectivity index (χ3n) is 4.67. The van der Waals surface area contributed by atoms with Crippen LogP contribution in [0.3, 0.4) is 0 Å². The summed E-state index contributed by atoms with van der Waals surface area (Å²) in [6.45, 7) is 3.14. The molecule has 132 valence electrons. The van der Waals surface area contributed by atoms with Crippen molar-refractivity contribution in [3.63, 3.8) is 0 Å². The highest BCUT2D eigenvalue weighted by molar-refractivity contribution is 5.54. The average molecular weight is 345 g/mol. The van der Waals surface area contributed by atoms with Gasteiger partial charge in [0.05, 0.1) is 11.4 Å². The molecule has 26 heavy (non-hydrogen) atoms. The standard InChI is InChI=1S/C21H23N5/c1-2-7-17(8-3-1)15-26-14-6-9-18(16-26)24-21-23-13-11-20(25-21)19-10-4-5-12-22-19/h1-5,7-8,10-13,18H,6,9,14-16H2,(H,23,24,25)/t18-/m0/s1. The van der Waals surface area contributed by atoms with Gasteiger partial charge in [0, 0.05) is 31.5 Å². The fourth-order valence-electron chi connectivity index (χ4n) is 3.43. The minimum Gasteiger partial charge on any atom is -0.350 e. The summed E-state index contributed by atoms with van der Waals surface area (Å²) < 4.78 is 0. The van der Waals surface area contributed by atoms with E-state index in [1.54, 1.807) is 12.4 Å². The summed E-state index contributed by atoms with van der Waals surface area (Å²) in [5.41, 5.74) is 3.08. The van der Waals surface area contributed by atoms with Crippen molar-refractivity contribution in [3.05, 3.63) is 72.6 Å². The highest BCUT2D eigenvalue weighted by atomic mass is 15.2. The predicted octanol–water partition coefficient (Wildman–Crippen LogP) is 3.62. The van der Waals surface area contributed by atoms with Crippen molar-refractivity contribution in [1.29, 1.82) is 0 Å². The molecule has 1 aliphatic heterocycles. The monoisotopic (exact) mass is 345 g/mol. The molecule has 3 aromatic rings. The lowest BCUT2D eigenvalue weighted by molar-refractivity contribution is 0.208. The van der Waals surface area contributed by atoms with E-state index in [0.717, 1.165) is 37.4 Å². The van der Waals surface area contributed by atoms with E-state index in [1.165, 1.54) is 12.0 Å². The van der Waals surface area contributed by atoms with Crippen LogP contribution in [0.2, 0.25) is 0 Å². The van der Waals surface area contributed by atoms with Crippen molar-refractivity contribution in [2.24, 2.45) is 0 Å². The van der Waals surface area contributed by atoms with Crippen LogP contribution in [0.4, 0.5) is 5.95 Å². The van der Waals surface area contributed by atoms with Crippen molar-refractivity contribution in [1.82, 2.24) is 19.9 Å². The van der Waals surface area contributed by atoms with E-state index in [-0.39, 0.29) is 0 Å². The molecule has 1 N–H and O–H groups in total. The Morgan fingerprint density at radius 1 is 0.923 bits per heavy atom. The fraction of sp³-hybridized carbons (Fsp3) is 0.286. The van der Waals surface area contributed by atoms with Crippen molar-refractivity contribution >= 4 is 5.95 Å². The first-order valence-corrected chi connectivity index (χ1v) is 9.14. The van der Waals surface area contributed by atoms with E-state index in [1.807, 2.05) is 24.3 Å². The second-order valence-corrected chi connectivity index (χ2v) is 6.68. The molecule has 1 saturated heterocycles. The molecular weight excluding hydrogens is 322 g/mol. The highest BCUT2D eigenvalue weighted by Crippen LogP contribution is 2.18. The second-order valence-electron chi connectivity index (χ2n) is 6.68. The maximum Gasteiger partial charge on any atom is 0.223 e. The maximum atomic E-state index is 4.64. The summed E-state index contributed by atoms with van der Waals surface area (Å²) in [6.07, 6.45) is 5.91. The topological polar surface area (TPSA) is 53.9 Å². The lowest BCUT2D eigenvalue weighted by Crippen LogP contribution is -2.41. The van der Waals surface area contributed by atoms with Crippen molar-refractivity contribution in [2.45, 2.75) is 25.4 Å². The largest absolute Gasteiger partial charge is 0.350 e. The van der Waals surface area contributed by atoms with Crippen molar-refractivity contribution in [3.8, 4) is 11.4 Å². The number of nitrogens with one attached hydrogen (secondary N) is 1. The summed E-state index contributed by atoms with van der Waals surface area (Å²) in [4.78, 5) is 15.9.